The molecule has 0 fully saturated rings. The molecule has 3 aromatic carbocycles. The molecule has 3 aromatic rings. The Bertz CT molecular complexity index is 1470. The molecule has 0 aromatic heterocycles. The van der Waals surface area contributed by atoms with Crippen LogP contribution in [0.15, 0.2) is 77.7 Å². The summed E-state index contributed by atoms with van der Waals surface area (Å²) in [4.78, 5) is 29.0. The number of methoxy groups -OCH3 is 1. The van der Waals surface area contributed by atoms with Crippen molar-refractivity contribution in [1.82, 2.24) is 10.2 Å². The maximum absolute atomic E-state index is 14.2. The summed E-state index contributed by atoms with van der Waals surface area (Å²) in [5, 5.41) is 3.36. The first-order valence-electron chi connectivity index (χ1n) is 13.3. The van der Waals surface area contributed by atoms with Gasteiger partial charge in [0.15, 0.2) is 0 Å². The van der Waals surface area contributed by atoms with Crippen LogP contribution < -0.4 is 14.4 Å². The Morgan fingerprint density at radius 1 is 1.00 bits per heavy atom. The molecule has 0 aliphatic carbocycles. The van der Waals surface area contributed by atoms with Crippen molar-refractivity contribution in [3.63, 3.8) is 0 Å². The molecular weight excluding hydrogens is 562 g/mol. The molecule has 220 valence electrons. The van der Waals surface area contributed by atoms with E-state index in [1.807, 2.05) is 46.8 Å². The molecule has 0 spiro atoms. The third kappa shape index (κ3) is 8.47. The lowest BCUT2D eigenvalue weighted by atomic mass is 10.1. The number of halogens is 1. The number of sulfonamides is 1. The summed E-state index contributed by atoms with van der Waals surface area (Å²) in [6, 6.07) is 19.1. The molecule has 10 heteroatoms. The predicted molar refractivity (Wildman–Crippen MR) is 163 cm³/mol. The van der Waals surface area contributed by atoms with Gasteiger partial charge in [0.1, 0.15) is 18.3 Å². The van der Waals surface area contributed by atoms with Crippen molar-refractivity contribution < 1.29 is 22.7 Å². The smallest absolute Gasteiger partial charge is 0.264 e. The number of anilines is 1. The molecule has 0 radical (unpaired) electrons. The van der Waals surface area contributed by atoms with Crippen molar-refractivity contribution >= 4 is 39.1 Å². The molecule has 0 unspecified atom stereocenters. The summed E-state index contributed by atoms with van der Waals surface area (Å²) >= 11 is 6.01. The van der Waals surface area contributed by atoms with E-state index in [1.54, 1.807) is 43.5 Å². The predicted octanol–water partition coefficient (Wildman–Crippen LogP) is 5.57. The molecule has 1 atom stereocenters. The van der Waals surface area contributed by atoms with Gasteiger partial charge in [0.2, 0.25) is 11.8 Å². The highest BCUT2D eigenvalue weighted by molar-refractivity contribution is 7.92. The van der Waals surface area contributed by atoms with Crippen LogP contribution in [0.4, 0.5) is 5.69 Å². The zero-order chi connectivity index (χ0) is 30.4. The summed E-state index contributed by atoms with van der Waals surface area (Å²) < 4.78 is 34.3. The van der Waals surface area contributed by atoms with Crippen LogP contribution in [0.2, 0.25) is 5.02 Å². The van der Waals surface area contributed by atoms with Crippen LogP contribution in [-0.4, -0.2) is 50.4 Å². The summed E-state index contributed by atoms with van der Waals surface area (Å²) in [5.41, 5.74) is 1.38. The lowest BCUT2D eigenvalue weighted by Gasteiger charge is -2.35. The molecule has 41 heavy (non-hydrogen) atoms. The fourth-order valence-corrected chi connectivity index (χ4v) is 5.92. The molecule has 3 rings (SSSR count). The van der Waals surface area contributed by atoms with E-state index in [9.17, 15) is 18.0 Å². The Labute approximate surface area is 248 Å². The van der Waals surface area contributed by atoms with Crippen molar-refractivity contribution in [2.45, 2.75) is 64.1 Å². The lowest BCUT2D eigenvalue weighted by Crippen LogP contribution is -2.55. The molecule has 2 amide bonds. The SMILES string of the molecule is CC[C@H](C(=O)NC(C)(C)C)N(Cc1cccc(OC)c1)C(=O)CN(c1cccc(C)c1)S(=O)(=O)c1ccc(Cl)cc1. The van der Waals surface area contributed by atoms with E-state index in [2.05, 4.69) is 5.32 Å². The van der Waals surface area contributed by atoms with Crippen LogP contribution in [0.25, 0.3) is 0 Å². The molecule has 0 aliphatic heterocycles. The number of rotatable bonds is 11. The molecule has 0 heterocycles. The number of carbonyl (C=O) groups excluding carboxylic acids is 2. The average Bonchev–Trinajstić information content (AvgIpc) is 2.90. The Morgan fingerprint density at radius 2 is 1.66 bits per heavy atom. The number of hydrogen-bond acceptors (Lipinski definition) is 5. The molecular formula is C31H38ClN3O5S. The zero-order valence-electron chi connectivity index (χ0n) is 24.3. The number of nitrogens with zero attached hydrogens (tertiary/aromatic N) is 2. The van der Waals surface area contributed by atoms with Crippen LogP contribution >= 0.6 is 11.6 Å². The van der Waals surface area contributed by atoms with E-state index >= 15 is 0 Å². The van der Waals surface area contributed by atoms with Gasteiger partial charge in [-0.3, -0.25) is 13.9 Å². The number of hydrogen-bond donors (Lipinski definition) is 1. The molecule has 8 nitrogen and oxygen atoms in total. The minimum absolute atomic E-state index is 0.00642. The third-order valence-corrected chi connectivity index (χ3v) is 8.38. The van der Waals surface area contributed by atoms with Gasteiger partial charge in [0.05, 0.1) is 17.7 Å². The van der Waals surface area contributed by atoms with Crippen molar-refractivity contribution in [1.29, 1.82) is 0 Å². The van der Waals surface area contributed by atoms with Crippen LogP contribution in [0.5, 0.6) is 5.75 Å². The molecule has 0 saturated carbocycles. The number of ether oxygens (including phenoxy) is 1. The first-order valence-corrected chi connectivity index (χ1v) is 15.2. The standard InChI is InChI=1S/C31H38ClN3O5S/c1-7-28(30(37)33-31(3,4)5)34(20-23-11-9-13-26(19-23)40-6)29(36)21-35(25-12-8-10-22(2)18-25)41(38,39)27-16-14-24(32)15-17-27/h8-19,28H,7,20-21H2,1-6H3,(H,33,37)/t28-/m1/s1. The Kier molecular flexibility index (Phi) is 10.4. The van der Waals surface area contributed by atoms with Gasteiger partial charge in [-0.05, 0) is 93.8 Å². The highest BCUT2D eigenvalue weighted by atomic mass is 35.5. The van der Waals surface area contributed by atoms with Gasteiger partial charge in [-0.15, -0.1) is 0 Å². The second kappa shape index (κ2) is 13.4. The first-order chi connectivity index (χ1) is 19.2. The van der Waals surface area contributed by atoms with Crippen LogP contribution in [0.3, 0.4) is 0 Å². The molecule has 0 bridgehead atoms. The van der Waals surface area contributed by atoms with E-state index in [4.69, 9.17) is 16.3 Å². The average molecular weight is 600 g/mol. The lowest BCUT2D eigenvalue weighted by molar-refractivity contribution is -0.141. The highest BCUT2D eigenvalue weighted by Gasteiger charge is 2.34. The number of benzene rings is 3. The quantitative estimate of drug-likeness (QED) is 0.311. The molecule has 0 saturated heterocycles. The van der Waals surface area contributed by atoms with Crippen molar-refractivity contribution in [3.8, 4) is 5.75 Å². The van der Waals surface area contributed by atoms with Gasteiger partial charge in [0, 0.05) is 17.1 Å². The Balaban J connectivity index is 2.08. The van der Waals surface area contributed by atoms with Crippen LogP contribution in [0, 0.1) is 6.92 Å². The molecule has 0 aliphatic rings. The number of amides is 2. The highest BCUT2D eigenvalue weighted by Crippen LogP contribution is 2.27. The van der Waals surface area contributed by atoms with E-state index in [0.717, 1.165) is 15.4 Å². The minimum Gasteiger partial charge on any atom is -0.497 e. The van der Waals surface area contributed by atoms with Crippen LogP contribution in [0.1, 0.15) is 45.2 Å². The maximum atomic E-state index is 14.2. The summed E-state index contributed by atoms with van der Waals surface area (Å²) in [5.74, 6) is -0.240. The van der Waals surface area contributed by atoms with Gasteiger partial charge in [-0.2, -0.15) is 0 Å². The van der Waals surface area contributed by atoms with E-state index in [-0.39, 0.29) is 17.3 Å². The minimum atomic E-state index is -4.17. The largest absolute Gasteiger partial charge is 0.497 e. The number of nitrogens with one attached hydrogen (secondary N) is 1. The monoisotopic (exact) mass is 599 g/mol. The fraction of sp³-hybridized carbons (Fsp3) is 0.355. The summed E-state index contributed by atoms with van der Waals surface area (Å²) in [6.07, 6.45) is 0.325. The van der Waals surface area contributed by atoms with E-state index in [1.165, 1.54) is 29.2 Å². The normalized spacial score (nSPS) is 12.4. The third-order valence-electron chi connectivity index (χ3n) is 6.34. The second-order valence-corrected chi connectivity index (χ2v) is 13.1. The summed E-state index contributed by atoms with van der Waals surface area (Å²) in [7, 11) is -2.62. The van der Waals surface area contributed by atoms with Crippen molar-refractivity contribution in [2.24, 2.45) is 0 Å². The summed E-state index contributed by atoms with van der Waals surface area (Å²) in [6.45, 7) is 8.82. The maximum Gasteiger partial charge on any atom is 0.264 e. The van der Waals surface area contributed by atoms with Crippen molar-refractivity contribution in [3.05, 3.63) is 88.9 Å². The van der Waals surface area contributed by atoms with Crippen molar-refractivity contribution in [2.75, 3.05) is 18.0 Å². The van der Waals surface area contributed by atoms with Gasteiger partial charge < -0.3 is 15.0 Å². The van der Waals surface area contributed by atoms with Gasteiger partial charge >= 0.3 is 0 Å². The molecule has 1 N–H and O–H groups in total. The fourth-order valence-electron chi connectivity index (χ4n) is 4.39. The first kappa shape index (κ1) is 32.0. The van der Waals surface area contributed by atoms with E-state index < -0.39 is 34.1 Å². The van der Waals surface area contributed by atoms with Crippen LogP contribution in [-0.2, 0) is 26.2 Å². The zero-order valence-corrected chi connectivity index (χ0v) is 25.9. The second-order valence-electron chi connectivity index (χ2n) is 10.8. The van der Waals surface area contributed by atoms with Gasteiger partial charge in [-0.25, -0.2) is 8.42 Å². The topological polar surface area (TPSA) is 96.0 Å². The Morgan fingerprint density at radius 3 is 2.24 bits per heavy atom. The Hall–Kier alpha value is -3.56. The van der Waals surface area contributed by atoms with Gasteiger partial charge in [-0.1, -0.05) is 42.8 Å². The van der Waals surface area contributed by atoms with E-state index in [0.29, 0.717) is 22.9 Å². The number of aryl methyl sites for hydroxylation is 1. The van der Waals surface area contributed by atoms with Gasteiger partial charge in [0.25, 0.3) is 10.0 Å². The number of carbonyl (C=O) groups is 2.